The first-order chi connectivity index (χ1) is 10.6. The van der Waals surface area contributed by atoms with Gasteiger partial charge in [0.2, 0.25) is 0 Å². The molecule has 5 rings (SSSR count). The summed E-state index contributed by atoms with van der Waals surface area (Å²) in [6.45, 7) is 0. The molecule has 4 aliphatic rings. The quantitative estimate of drug-likeness (QED) is 0.664. The van der Waals surface area contributed by atoms with E-state index >= 15 is 0 Å². The smallest absolute Gasteiger partial charge is 0.193 e. The SMILES string of the molecule is [11CH3]Oc1ccc(NC(N)=NC23CC4CC(CC(C4)C2)C3)cc1. The standard InChI is InChI=1S/C18H25N3O/c1-22-16-4-2-15(3-5-16)20-17(19)21-18-9-12-6-13(10-18)8-14(7-12)11-18/h2-5,12-14H,6-11H2,1H3,(H3,19,20,21)/i1-1. The van der Waals surface area contributed by atoms with E-state index in [1.165, 1.54) is 38.5 Å². The van der Waals surface area contributed by atoms with Gasteiger partial charge in [-0.25, -0.2) is 4.99 Å². The number of nitrogens with one attached hydrogen (secondary N) is 1. The molecule has 4 bridgehead atoms. The number of hydrogen-bond donors (Lipinski definition) is 2. The Morgan fingerprint density at radius 1 is 1.09 bits per heavy atom. The van der Waals surface area contributed by atoms with Gasteiger partial charge in [0.1, 0.15) is 5.75 Å². The van der Waals surface area contributed by atoms with E-state index in [-0.39, 0.29) is 5.54 Å². The van der Waals surface area contributed by atoms with Gasteiger partial charge in [-0.1, -0.05) is 0 Å². The minimum Gasteiger partial charge on any atom is -0.497 e. The van der Waals surface area contributed by atoms with E-state index in [0.29, 0.717) is 5.96 Å². The fourth-order valence-corrected chi connectivity index (χ4v) is 5.31. The van der Waals surface area contributed by atoms with Crippen LogP contribution in [0.5, 0.6) is 5.75 Å². The van der Waals surface area contributed by atoms with Crippen molar-refractivity contribution in [2.75, 3.05) is 12.4 Å². The molecule has 4 fully saturated rings. The van der Waals surface area contributed by atoms with Crippen LogP contribution in [-0.2, 0) is 0 Å². The molecular weight excluding hydrogens is 273 g/mol. The van der Waals surface area contributed by atoms with Crippen LogP contribution in [-0.4, -0.2) is 18.6 Å². The zero-order chi connectivity index (χ0) is 15.2. The van der Waals surface area contributed by atoms with Crippen molar-refractivity contribution in [3.8, 4) is 5.75 Å². The highest BCUT2D eigenvalue weighted by atomic mass is 16.4. The number of nitrogens with two attached hydrogens (primary N) is 1. The van der Waals surface area contributed by atoms with Crippen molar-refractivity contribution in [2.24, 2.45) is 28.5 Å². The van der Waals surface area contributed by atoms with E-state index in [2.05, 4.69) is 5.32 Å². The highest BCUT2D eigenvalue weighted by Gasteiger charge is 2.51. The third-order valence-corrected chi connectivity index (χ3v) is 5.73. The van der Waals surface area contributed by atoms with Gasteiger partial charge in [0.05, 0.1) is 12.6 Å². The summed E-state index contributed by atoms with van der Waals surface area (Å²) in [6, 6.07) is 7.81. The van der Waals surface area contributed by atoms with Crippen LogP contribution in [0.4, 0.5) is 5.69 Å². The zero-order valence-corrected chi connectivity index (χ0v) is 13.2. The van der Waals surface area contributed by atoms with Crippen molar-refractivity contribution in [2.45, 2.75) is 44.1 Å². The average Bonchev–Trinajstić information content (AvgIpc) is 2.45. The first-order valence-corrected chi connectivity index (χ1v) is 8.40. The van der Waals surface area contributed by atoms with Crippen molar-refractivity contribution in [3.63, 3.8) is 0 Å². The number of ether oxygens (including phenoxy) is 1. The monoisotopic (exact) mass is 298 g/mol. The van der Waals surface area contributed by atoms with Gasteiger partial charge in [-0.2, -0.15) is 0 Å². The molecule has 0 aliphatic heterocycles. The first-order valence-electron chi connectivity index (χ1n) is 8.40. The van der Waals surface area contributed by atoms with Gasteiger partial charge < -0.3 is 15.8 Å². The molecular formula is C18H25N3O. The molecule has 22 heavy (non-hydrogen) atoms. The number of anilines is 1. The molecule has 1 aromatic rings. The zero-order valence-electron chi connectivity index (χ0n) is 13.2. The maximum absolute atomic E-state index is 6.21. The lowest BCUT2D eigenvalue weighted by Crippen LogP contribution is -2.50. The Morgan fingerprint density at radius 2 is 1.64 bits per heavy atom. The molecule has 0 radical (unpaired) electrons. The van der Waals surface area contributed by atoms with Gasteiger partial charge >= 0.3 is 0 Å². The van der Waals surface area contributed by atoms with Crippen LogP contribution in [0.1, 0.15) is 38.5 Å². The van der Waals surface area contributed by atoms with E-state index in [1.54, 1.807) is 7.11 Å². The lowest BCUT2D eigenvalue weighted by Gasteiger charge is -2.54. The van der Waals surface area contributed by atoms with Crippen LogP contribution in [0.3, 0.4) is 0 Å². The fourth-order valence-electron chi connectivity index (χ4n) is 5.31. The second-order valence-corrected chi connectivity index (χ2v) is 7.49. The Morgan fingerprint density at radius 3 is 2.14 bits per heavy atom. The predicted octanol–water partition coefficient (Wildman–Crippen LogP) is 3.39. The molecule has 0 saturated heterocycles. The van der Waals surface area contributed by atoms with E-state index in [4.69, 9.17) is 15.5 Å². The number of aliphatic imine (C=N–C) groups is 1. The van der Waals surface area contributed by atoms with Gasteiger partial charge in [-0.05, 0) is 80.5 Å². The molecule has 4 aliphatic carbocycles. The van der Waals surface area contributed by atoms with E-state index < -0.39 is 0 Å². The van der Waals surface area contributed by atoms with Gasteiger partial charge in [0.15, 0.2) is 5.96 Å². The average molecular weight is 298 g/mol. The topological polar surface area (TPSA) is 59.6 Å². The Hall–Kier alpha value is -1.71. The second kappa shape index (κ2) is 5.18. The molecule has 0 amide bonds. The molecule has 3 N–H and O–H groups in total. The van der Waals surface area contributed by atoms with Gasteiger partial charge in [0.25, 0.3) is 0 Å². The lowest BCUT2D eigenvalue weighted by molar-refractivity contribution is 0.00164. The fraction of sp³-hybridized carbons (Fsp3) is 0.611. The summed E-state index contributed by atoms with van der Waals surface area (Å²) in [5.74, 6) is 4.09. The Labute approximate surface area is 132 Å². The van der Waals surface area contributed by atoms with Crippen molar-refractivity contribution in [3.05, 3.63) is 24.3 Å². The van der Waals surface area contributed by atoms with Crippen LogP contribution < -0.4 is 15.8 Å². The van der Waals surface area contributed by atoms with Crippen LogP contribution in [0.25, 0.3) is 0 Å². The third kappa shape index (κ3) is 2.55. The van der Waals surface area contributed by atoms with Crippen molar-refractivity contribution in [1.82, 2.24) is 0 Å². The van der Waals surface area contributed by atoms with Gasteiger partial charge in [-0.15, -0.1) is 0 Å². The molecule has 0 aromatic heterocycles. The minimum absolute atomic E-state index is 0.123. The molecule has 4 nitrogen and oxygen atoms in total. The second-order valence-electron chi connectivity index (χ2n) is 7.49. The molecule has 118 valence electrons. The predicted molar refractivity (Wildman–Crippen MR) is 89.1 cm³/mol. The summed E-state index contributed by atoms with van der Waals surface area (Å²) < 4.78 is 5.18. The Balaban J connectivity index is 1.49. The van der Waals surface area contributed by atoms with Crippen molar-refractivity contribution >= 4 is 11.6 Å². The Bertz CT molecular complexity index is 543. The van der Waals surface area contributed by atoms with Crippen molar-refractivity contribution in [1.29, 1.82) is 0 Å². The highest BCUT2D eigenvalue weighted by molar-refractivity contribution is 5.92. The van der Waals surface area contributed by atoms with Crippen LogP contribution in [0.2, 0.25) is 0 Å². The molecule has 1 aromatic carbocycles. The van der Waals surface area contributed by atoms with E-state index in [1.807, 2.05) is 24.3 Å². The number of hydrogen-bond acceptors (Lipinski definition) is 2. The summed E-state index contributed by atoms with van der Waals surface area (Å²) in [7, 11) is 1.67. The summed E-state index contributed by atoms with van der Waals surface area (Å²) >= 11 is 0. The van der Waals surface area contributed by atoms with Gasteiger partial charge in [0, 0.05) is 5.69 Å². The number of guanidine groups is 1. The number of methoxy groups -OCH3 is 1. The number of benzene rings is 1. The van der Waals surface area contributed by atoms with E-state index in [0.717, 1.165) is 29.2 Å². The molecule has 0 spiro atoms. The summed E-state index contributed by atoms with van der Waals surface area (Å²) in [5.41, 5.74) is 7.29. The van der Waals surface area contributed by atoms with Crippen molar-refractivity contribution < 1.29 is 4.74 Å². The normalized spacial score (nSPS) is 36.4. The highest BCUT2D eigenvalue weighted by Crippen LogP contribution is 2.57. The maximum atomic E-state index is 6.21. The summed E-state index contributed by atoms with van der Waals surface area (Å²) in [5, 5.41) is 3.24. The third-order valence-electron chi connectivity index (χ3n) is 5.73. The Kier molecular flexibility index (Phi) is 3.28. The molecule has 4 heteroatoms. The maximum Gasteiger partial charge on any atom is 0.193 e. The molecule has 4 saturated carbocycles. The van der Waals surface area contributed by atoms with Crippen LogP contribution in [0, 0.1) is 17.8 Å². The summed E-state index contributed by atoms with van der Waals surface area (Å²) in [4.78, 5) is 4.96. The number of nitrogens with zero attached hydrogens (tertiary/aromatic N) is 1. The lowest BCUT2D eigenvalue weighted by atomic mass is 9.53. The van der Waals surface area contributed by atoms with Crippen LogP contribution in [0.15, 0.2) is 29.3 Å². The summed E-state index contributed by atoms with van der Waals surface area (Å²) in [6.07, 6.45) is 8.01. The van der Waals surface area contributed by atoms with Crippen LogP contribution >= 0.6 is 0 Å². The molecule has 0 heterocycles. The largest absolute Gasteiger partial charge is 0.497 e. The first kappa shape index (κ1) is 13.9. The van der Waals surface area contributed by atoms with E-state index in [9.17, 15) is 0 Å². The van der Waals surface area contributed by atoms with Gasteiger partial charge in [-0.3, -0.25) is 0 Å². The molecule has 0 unspecified atom stereocenters. The molecule has 0 atom stereocenters. The number of rotatable bonds is 3. The minimum atomic E-state index is 0.123.